The molecule has 118 valence electrons. The Morgan fingerprint density at radius 3 is 2.57 bits per heavy atom. The Morgan fingerprint density at radius 1 is 1.29 bits per heavy atom. The van der Waals surface area contributed by atoms with Gasteiger partial charge in [-0.15, -0.1) is 0 Å². The Morgan fingerprint density at radius 2 is 2.00 bits per heavy atom. The van der Waals surface area contributed by atoms with E-state index in [2.05, 4.69) is 17.1 Å². The summed E-state index contributed by atoms with van der Waals surface area (Å²) in [7, 11) is 0. The van der Waals surface area contributed by atoms with Gasteiger partial charge < -0.3 is 5.32 Å². The van der Waals surface area contributed by atoms with Crippen LogP contribution in [-0.2, 0) is 0 Å². The maximum Gasteiger partial charge on any atom is 0.130 e. The van der Waals surface area contributed by atoms with Crippen molar-refractivity contribution in [3.05, 3.63) is 35.4 Å². The molecule has 1 aromatic rings. The first-order valence-electron chi connectivity index (χ1n) is 8.04. The summed E-state index contributed by atoms with van der Waals surface area (Å²) in [6.45, 7) is 6.76. The number of rotatable bonds is 6. The molecule has 2 nitrogen and oxygen atoms in total. The second-order valence-corrected chi connectivity index (χ2v) is 5.95. The molecule has 0 amide bonds. The van der Waals surface area contributed by atoms with Gasteiger partial charge in [0.1, 0.15) is 11.6 Å². The van der Waals surface area contributed by atoms with Crippen LogP contribution in [-0.4, -0.2) is 30.6 Å². The first kappa shape index (κ1) is 16.4. The van der Waals surface area contributed by atoms with Crippen LogP contribution in [0.1, 0.15) is 51.1 Å². The number of nitrogens with zero attached hydrogens (tertiary/aromatic N) is 1. The van der Waals surface area contributed by atoms with E-state index in [1.807, 2.05) is 6.92 Å². The van der Waals surface area contributed by atoms with Gasteiger partial charge in [-0.3, -0.25) is 4.90 Å². The first-order valence-corrected chi connectivity index (χ1v) is 8.04. The molecule has 0 spiro atoms. The van der Waals surface area contributed by atoms with Crippen molar-refractivity contribution in [1.82, 2.24) is 10.2 Å². The lowest BCUT2D eigenvalue weighted by Gasteiger charge is -2.34. The summed E-state index contributed by atoms with van der Waals surface area (Å²) < 4.78 is 28.0. The highest BCUT2D eigenvalue weighted by Crippen LogP contribution is 2.26. The Bertz CT molecular complexity index is 424. The maximum absolute atomic E-state index is 14.0. The lowest BCUT2D eigenvalue weighted by atomic mass is 10.0. The number of piperidine rings is 1. The van der Waals surface area contributed by atoms with Gasteiger partial charge >= 0.3 is 0 Å². The Hall–Kier alpha value is -1.00. The SMILES string of the molecule is CCCN(CC1CCCCN1)C(C)c1c(F)cccc1F. The van der Waals surface area contributed by atoms with Crippen LogP contribution in [0.5, 0.6) is 0 Å². The largest absolute Gasteiger partial charge is 0.313 e. The molecule has 0 aliphatic carbocycles. The fraction of sp³-hybridized carbons (Fsp3) is 0.647. The zero-order valence-electron chi connectivity index (χ0n) is 13.0. The average molecular weight is 296 g/mol. The van der Waals surface area contributed by atoms with E-state index in [1.165, 1.54) is 31.0 Å². The minimum absolute atomic E-state index is 0.196. The summed E-state index contributed by atoms with van der Waals surface area (Å²) in [6, 6.07) is 4.31. The van der Waals surface area contributed by atoms with Crippen molar-refractivity contribution in [1.29, 1.82) is 0 Å². The van der Waals surface area contributed by atoms with E-state index in [9.17, 15) is 8.78 Å². The van der Waals surface area contributed by atoms with Crippen LogP contribution in [0.15, 0.2) is 18.2 Å². The van der Waals surface area contributed by atoms with Gasteiger partial charge in [0.15, 0.2) is 0 Å². The monoisotopic (exact) mass is 296 g/mol. The van der Waals surface area contributed by atoms with E-state index in [0.29, 0.717) is 6.04 Å². The molecule has 0 saturated carbocycles. The van der Waals surface area contributed by atoms with E-state index in [1.54, 1.807) is 0 Å². The van der Waals surface area contributed by atoms with Gasteiger partial charge in [-0.1, -0.05) is 19.4 Å². The molecule has 0 aromatic heterocycles. The predicted molar refractivity (Wildman–Crippen MR) is 82.3 cm³/mol. The zero-order chi connectivity index (χ0) is 15.2. The number of hydrogen-bond acceptors (Lipinski definition) is 2. The van der Waals surface area contributed by atoms with E-state index in [-0.39, 0.29) is 11.6 Å². The molecule has 2 rings (SSSR count). The summed E-state index contributed by atoms with van der Waals surface area (Å²) in [4.78, 5) is 2.20. The minimum Gasteiger partial charge on any atom is -0.313 e. The molecule has 1 aliphatic rings. The molecule has 1 aliphatic heterocycles. The van der Waals surface area contributed by atoms with Crippen LogP contribution >= 0.6 is 0 Å². The molecular weight excluding hydrogens is 270 g/mol. The second-order valence-electron chi connectivity index (χ2n) is 5.95. The topological polar surface area (TPSA) is 15.3 Å². The van der Waals surface area contributed by atoms with Crippen LogP contribution in [0.2, 0.25) is 0 Å². The number of halogens is 2. The van der Waals surface area contributed by atoms with E-state index >= 15 is 0 Å². The van der Waals surface area contributed by atoms with Crippen molar-refractivity contribution < 1.29 is 8.78 Å². The molecule has 2 unspecified atom stereocenters. The van der Waals surface area contributed by atoms with Crippen molar-refractivity contribution in [2.75, 3.05) is 19.6 Å². The molecule has 0 bridgehead atoms. The van der Waals surface area contributed by atoms with Gasteiger partial charge in [0.05, 0.1) is 0 Å². The van der Waals surface area contributed by atoms with Crippen molar-refractivity contribution in [2.24, 2.45) is 0 Å². The first-order chi connectivity index (χ1) is 10.1. The molecule has 1 saturated heterocycles. The predicted octanol–water partition coefficient (Wildman–Crippen LogP) is 3.88. The quantitative estimate of drug-likeness (QED) is 0.857. The normalized spacial score (nSPS) is 20.7. The van der Waals surface area contributed by atoms with Gasteiger partial charge in [-0.05, 0) is 51.4 Å². The van der Waals surface area contributed by atoms with Gasteiger partial charge in [-0.2, -0.15) is 0 Å². The summed E-state index contributed by atoms with van der Waals surface area (Å²) >= 11 is 0. The second kappa shape index (κ2) is 7.85. The van der Waals surface area contributed by atoms with Gasteiger partial charge in [-0.25, -0.2) is 8.78 Å². The van der Waals surface area contributed by atoms with Gasteiger partial charge in [0, 0.05) is 24.2 Å². The third kappa shape index (κ3) is 4.24. The molecule has 21 heavy (non-hydrogen) atoms. The number of benzene rings is 1. The zero-order valence-corrected chi connectivity index (χ0v) is 13.0. The highest BCUT2D eigenvalue weighted by atomic mass is 19.1. The number of hydrogen-bond donors (Lipinski definition) is 1. The highest BCUT2D eigenvalue weighted by molar-refractivity contribution is 5.23. The van der Waals surface area contributed by atoms with Crippen molar-refractivity contribution in [2.45, 2.75) is 51.6 Å². The van der Waals surface area contributed by atoms with Crippen LogP contribution < -0.4 is 5.32 Å². The van der Waals surface area contributed by atoms with Crippen LogP contribution in [0.25, 0.3) is 0 Å². The van der Waals surface area contributed by atoms with Crippen LogP contribution in [0.3, 0.4) is 0 Å². The standard InChI is InChI=1S/C17H26F2N2/c1-3-11-21(12-14-7-4-5-10-20-14)13(2)17-15(18)8-6-9-16(17)19/h6,8-9,13-14,20H,3-5,7,10-12H2,1-2H3. The summed E-state index contributed by atoms with van der Waals surface area (Å²) in [6.07, 6.45) is 4.58. The molecule has 4 heteroatoms. The van der Waals surface area contributed by atoms with Crippen LogP contribution in [0, 0.1) is 11.6 Å². The molecule has 1 aromatic carbocycles. The Kier molecular flexibility index (Phi) is 6.12. The van der Waals surface area contributed by atoms with E-state index in [0.717, 1.165) is 32.5 Å². The molecule has 1 fully saturated rings. The third-order valence-electron chi connectivity index (χ3n) is 4.34. The Balaban J connectivity index is 2.12. The van der Waals surface area contributed by atoms with E-state index in [4.69, 9.17) is 0 Å². The fourth-order valence-corrected chi connectivity index (χ4v) is 3.19. The Labute approximate surface area is 126 Å². The maximum atomic E-state index is 14.0. The molecule has 1 N–H and O–H groups in total. The smallest absolute Gasteiger partial charge is 0.130 e. The molecule has 0 radical (unpaired) electrons. The lowest BCUT2D eigenvalue weighted by Crippen LogP contribution is -2.44. The minimum atomic E-state index is -0.444. The summed E-state index contributed by atoms with van der Waals surface area (Å²) in [5.74, 6) is -0.889. The summed E-state index contributed by atoms with van der Waals surface area (Å²) in [5, 5.41) is 3.51. The van der Waals surface area contributed by atoms with Crippen molar-refractivity contribution in [3.63, 3.8) is 0 Å². The average Bonchev–Trinajstić information content (AvgIpc) is 2.47. The summed E-state index contributed by atoms with van der Waals surface area (Å²) in [5.41, 5.74) is 0.196. The number of nitrogens with one attached hydrogen (secondary N) is 1. The van der Waals surface area contributed by atoms with Gasteiger partial charge in [0.25, 0.3) is 0 Å². The van der Waals surface area contributed by atoms with E-state index < -0.39 is 11.6 Å². The third-order valence-corrected chi connectivity index (χ3v) is 4.34. The van der Waals surface area contributed by atoms with Gasteiger partial charge in [0.2, 0.25) is 0 Å². The highest BCUT2D eigenvalue weighted by Gasteiger charge is 2.24. The molecule has 1 heterocycles. The van der Waals surface area contributed by atoms with Crippen molar-refractivity contribution in [3.8, 4) is 0 Å². The van der Waals surface area contributed by atoms with Crippen molar-refractivity contribution >= 4 is 0 Å². The lowest BCUT2D eigenvalue weighted by molar-refractivity contribution is 0.170. The fourth-order valence-electron chi connectivity index (χ4n) is 3.19. The van der Waals surface area contributed by atoms with Crippen LogP contribution in [0.4, 0.5) is 8.78 Å². The molecular formula is C17H26F2N2. The molecule has 2 atom stereocenters.